The number of nitrogens with one attached hydrogen (secondary N) is 1. The molecule has 0 radical (unpaired) electrons. The van der Waals surface area contributed by atoms with Crippen LogP contribution in [0.2, 0.25) is 0 Å². The molecule has 9 heteroatoms. The topological polar surface area (TPSA) is 83.2 Å². The van der Waals surface area contributed by atoms with Crippen molar-refractivity contribution in [1.29, 1.82) is 0 Å². The number of hydrogen-bond acceptors (Lipinski definition) is 5. The lowest BCUT2D eigenvalue weighted by Crippen LogP contribution is -2.52. The minimum absolute atomic E-state index is 0. The Kier molecular flexibility index (Phi) is 10.3. The quantitative estimate of drug-likeness (QED) is 0.292. The molecule has 2 heterocycles. The third-order valence-corrected chi connectivity index (χ3v) is 6.12. The summed E-state index contributed by atoms with van der Waals surface area (Å²) in [5.41, 5.74) is 1.63. The van der Waals surface area contributed by atoms with E-state index in [0.717, 1.165) is 68.4 Å². The first kappa shape index (κ1) is 27.7. The number of piperidine rings is 1. The average Bonchev–Trinajstić information content (AvgIpc) is 3.50. The molecule has 1 aliphatic carbocycles. The van der Waals surface area contributed by atoms with E-state index in [4.69, 9.17) is 14.3 Å². The number of ether oxygens (including phenoxy) is 1. The molecule has 1 amide bonds. The largest absolute Gasteiger partial charge is 0.444 e. The van der Waals surface area contributed by atoms with Crippen molar-refractivity contribution >= 4 is 36.0 Å². The summed E-state index contributed by atoms with van der Waals surface area (Å²) < 4.78 is 11.0. The van der Waals surface area contributed by atoms with Crippen molar-refractivity contribution in [3.63, 3.8) is 0 Å². The van der Waals surface area contributed by atoms with Gasteiger partial charge in [0.25, 0.3) is 0 Å². The van der Waals surface area contributed by atoms with Crippen molar-refractivity contribution in [3.8, 4) is 0 Å². The summed E-state index contributed by atoms with van der Waals surface area (Å²) in [7, 11) is 0. The molecule has 188 valence electrons. The van der Waals surface area contributed by atoms with Crippen LogP contribution in [0.25, 0.3) is 0 Å². The highest BCUT2D eigenvalue weighted by molar-refractivity contribution is 14.0. The van der Waals surface area contributed by atoms with E-state index in [-0.39, 0.29) is 36.1 Å². The molecule has 1 aromatic heterocycles. The lowest BCUT2D eigenvalue weighted by Gasteiger charge is -2.40. The van der Waals surface area contributed by atoms with Gasteiger partial charge in [0.05, 0.1) is 5.69 Å². The summed E-state index contributed by atoms with van der Waals surface area (Å²) in [5, 5.41) is 7.47. The summed E-state index contributed by atoms with van der Waals surface area (Å²) in [6.45, 7) is 15.9. The standard InChI is InChI=1S/C24H41N5O3.HI/c1-7-25-22(26-13-10-21-17(2)27-32-18(21)3)28-14-11-20(12-15-28)29(16-19-8-9-19)23(30)31-24(4,5)6;/h19-20H,7-16H2,1-6H3,(H,25,26);1H. The van der Waals surface area contributed by atoms with Gasteiger partial charge >= 0.3 is 6.09 Å². The zero-order chi connectivity index (χ0) is 23.3. The molecule has 1 saturated heterocycles. The van der Waals surface area contributed by atoms with Gasteiger partial charge in [-0.15, -0.1) is 24.0 Å². The third-order valence-electron chi connectivity index (χ3n) is 6.12. The number of aromatic nitrogens is 1. The minimum atomic E-state index is -0.467. The number of aliphatic imine (C=N–C) groups is 1. The monoisotopic (exact) mass is 575 g/mol. The molecule has 1 saturated carbocycles. The number of guanidine groups is 1. The number of carbonyl (C=O) groups excluding carboxylic acids is 1. The second-order valence-corrected chi connectivity index (χ2v) is 10.1. The van der Waals surface area contributed by atoms with Crippen LogP contribution < -0.4 is 5.32 Å². The van der Waals surface area contributed by atoms with E-state index in [1.807, 2.05) is 39.5 Å². The Balaban J connectivity index is 0.00000385. The molecule has 0 aromatic carbocycles. The molecular weight excluding hydrogens is 533 g/mol. The first-order chi connectivity index (χ1) is 15.2. The summed E-state index contributed by atoms with van der Waals surface area (Å²) in [6, 6.07) is 0.229. The number of carbonyl (C=O) groups is 1. The third kappa shape index (κ3) is 8.33. The van der Waals surface area contributed by atoms with E-state index in [1.165, 1.54) is 12.8 Å². The SMILES string of the molecule is CCNC(=NCCc1c(C)noc1C)N1CCC(N(CC2CC2)C(=O)OC(C)(C)C)CC1.I. The maximum absolute atomic E-state index is 12.9. The zero-order valence-corrected chi connectivity index (χ0v) is 23.5. The first-order valence-corrected chi connectivity index (χ1v) is 12.1. The average molecular weight is 576 g/mol. The van der Waals surface area contributed by atoms with Gasteiger partial charge in [-0.25, -0.2) is 4.79 Å². The maximum Gasteiger partial charge on any atom is 0.410 e. The molecule has 1 aliphatic heterocycles. The Morgan fingerprint density at radius 1 is 1.24 bits per heavy atom. The molecule has 0 spiro atoms. The number of aryl methyl sites for hydroxylation is 2. The Bertz CT molecular complexity index is 773. The number of nitrogens with zero attached hydrogens (tertiary/aromatic N) is 4. The number of rotatable bonds is 7. The van der Waals surface area contributed by atoms with Gasteiger partial charge in [0, 0.05) is 44.3 Å². The van der Waals surface area contributed by atoms with E-state index in [2.05, 4.69) is 22.3 Å². The van der Waals surface area contributed by atoms with Crippen molar-refractivity contribution in [1.82, 2.24) is 20.3 Å². The number of amides is 1. The highest BCUT2D eigenvalue weighted by Gasteiger charge is 2.35. The molecule has 1 N–H and O–H groups in total. The number of halogens is 1. The second-order valence-electron chi connectivity index (χ2n) is 10.1. The summed E-state index contributed by atoms with van der Waals surface area (Å²) >= 11 is 0. The lowest BCUT2D eigenvalue weighted by molar-refractivity contribution is 0.00928. The van der Waals surface area contributed by atoms with E-state index in [9.17, 15) is 4.79 Å². The van der Waals surface area contributed by atoms with Crippen LogP contribution in [0.4, 0.5) is 4.79 Å². The van der Waals surface area contributed by atoms with Crippen LogP contribution in [0.3, 0.4) is 0 Å². The number of likely N-dealkylation sites (tertiary alicyclic amines) is 1. The highest BCUT2D eigenvalue weighted by atomic mass is 127. The molecule has 1 aromatic rings. The second kappa shape index (κ2) is 12.3. The molecular formula is C24H42IN5O3. The molecule has 2 fully saturated rings. The van der Waals surface area contributed by atoms with Crippen LogP contribution in [0, 0.1) is 19.8 Å². The molecule has 3 rings (SSSR count). The molecule has 0 atom stereocenters. The molecule has 33 heavy (non-hydrogen) atoms. The smallest absolute Gasteiger partial charge is 0.410 e. The molecule has 2 aliphatic rings. The predicted octanol–water partition coefficient (Wildman–Crippen LogP) is 4.53. The fourth-order valence-electron chi connectivity index (χ4n) is 4.22. The van der Waals surface area contributed by atoms with E-state index >= 15 is 0 Å². The summed E-state index contributed by atoms with van der Waals surface area (Å²) in [4.78, 5) is 22.1. The van der Waals surface area contributed by atoms with Crippen LogP contribution in [0.15, 0.2) is 9.52 Å². The summed E-state index contributed by atoms with van der Waals surface area (Å²) in [5.74, 6) is 2.47. The first-order valence-electron chi connectivity index (χ1n) is 12.1. The Hall–Kier alpha value is -1.52. The fraction of sp³-hybridized carbons (Fsp3) is 0.792. The van der Waals surface area contributed by atoms with Crippen molar-refractivity contribution in [2.45, 2.75) is 85.3 Å². The van der Waals surface area contributed by atoms with Gasteiger partial charge in [0.15, 0.2) is 5.96 Å². The normalized spacial score (nSPS) is 17.5. The predicted molar refractivity (Wildman–Crippen MR) is 141 cm³/mol. The Labute approximate surface area is 215 Å². The van der Waals surface area contributed by atoms with Crippen molar-refractivity contribution < 1.29 is 14.1 Å². The van der Waals surface area contributed by atoms with Crippen LogP contribution in [0.5, 0.6) is 0 Å². The van der Waals surface area contributed by atoms with Crippen LogP contribution in [0.1, 0.15) is 70.4 Å². The summed E-state index contributed by atoms with van der Waals surface area (Å²) in [6.07, 6.45) is 4.96. The van der Waals surface area contributed by atoms with Gasteiger partial charge in [-0.2, -0.15) is 0 Å². The lowest BCUT2D eigenvalue weighted by atomic mass is 10.0. The molecule has 0 bridgehead atoms. The van der Waals surface area contributed by atoms with E-state index < -0.39 is 5.60 Å². The Morgan fingerprint density at radius 3 is 2.42 bits per heavy atom. The minimum Gasteiger partial charge on any atom is -0.444 e. The van der Waals surface area contributed by atoms with Crippen LogP contribution in [-0.4, -0.2) is 71.4 Å². The molecule has 0 unspecified atom stereocenters. The fourth-order valence-corrected chi connectivity index (χ4v) is 4.22. The Morgan fingerprint density at radius 2 is 1.91 bits per heavy atom. The van der Waals surface area contributed by atoms with E-state index in [1.54, 1.807) is 0 Å². The highest BCUT2D eigenvalue weighted by Crippen LogP contribution is 2.32. The van der Waals surface area contributed by atoms with Gasteiger partial charge in [-0.3, -0.25) is 4.99 Å². The van der Waals surface area contributed by atoms with Crippen LogP contribution in [-0.2, 0) is 11.2 Å². The van der Waals surface area contributed by atoms with Crippen LogP contribution >= 0.6 is 24.0 Å². The van der Waals surface area contributed by atoms with Crippen molar-refractivity contribution in [2.75, 3.05) is 32.7 Å². The van der Waals surface area contributed by atoms with Crippen molar-refractivity contribution in [3.05, 3.63) is 17.0 Å². The van der Waals surface area contributed by atoms with Gasteiger partial charge in [-0.05, 0) is 79.6 Å². The van der Waals surface area contributed by atoms with Gasteiger partial charge in [-0.1, -0.05) is 5.16 Å². The maximum atomic E-state index is 12.9. The zero-order valence-electron chi connectivity index (χ0n) is 21.1. The van der Waals surface area contributed by atoms with E-state index in [0.29, 0.717) is 12.5 Å². The van der Waals surface area contributed by atoms with Gasteiger partial charge < -0.3 is 24.4 Å². The van der Waals surface area contributed by atoms with Gasteiger partial charge in [0.2, 0.25) is 0 Å². The number of hydrogen-bond donors (Lipinski definition) is 1. The van der Waals surface area contributed by atoms with Crippen molar-refractivity contribution in [2.24, 2.45) is 10.9 Å². The molecule has 8 nitrogen and oxygen atoms in total. The van der Waals surface area contributed by atoms with Gasteiger partial charge in [0.1, 0.15) is 11.4 Å².